The molecule has 4 rings (SSSR count). The zero-order valence-corrected chi connectivity index (χ0v) is 45.2. The van der Waals surface area contributed by atoms with Gasteiger partial charge in [0.15, 0.2) is 11.9 Å². The number of guanidine groups is 2. The van der Waals surface area contributed by atoms with Crippen molar-refractivity contribution in [1.82, 2.24) is 36.8 Å². The van der Waals surface area contributed by atoms with Crippen molar-refractivity contribution in [3.8, 4) is 5.75 Å². The third-order valence-corrected chi connectivity index (χ3v) is 12.9. The number of rotatable bonds is 32. The molecular weight excluding hydrogens is 1030 g/mol. The fourth-order valence-electron chi connectivity index (χ4n) is 8.90. The number of primary amides is 2. The number of hydrogen-bond acceptors (Lipinski definition) is 13. The Hall–Kier alpha value is -8.81. The molecule has 0 radical (unpaired) electrons. The molecule has 434 valence electrons. The van der Waals surface area contributed by atoms with Crippen LogP contribution in [0.15, 0.2) is 94.9 Å². The summed E-state index contributed by atoms with van der Waals surface area (Å²) in [7, 11) is 0. The molecule has 0 unspecified atom stereocenters. The monoisotopic (exact) mass is 1110 g/mol. The SMILES string of the molecule is CC(C)C[C@H](NC(=O)[C@H](Cc1ccccc1)NC(=O)[C@@H](N)Cc1ccc(O)cc1)C(=O)N[C@@H](Cc1ccccc1)C(=O)N[C@@H](CCCN=C(N)N)C(=O)N1CCC[C@H]1C(=O)N[C@H](CCCN=C(N)N)C(=O)N[C@@H](CC(N)=O)C(N)=O. The van der Waals surface area contributed by atoms with E-state index in [1.807, 2.05) is 13.8 Å². The Kier molecular flexibility index (Phi) is 25.6. The Morgan fingerprint density at radius 2 is 1.01 bits per heavy atom. The molecule has 80 heavy (non-hydrogen) atoms. The third kappa shape index (κ3) is 21.9. The summed E-state index contributed by atoms with van der Waals surface area (Å²) in [6.07, 6.45) is 0.290. The Bertz CT molecular complexity index is 2630. The number of aliphatic imine (C=N–C) groups is 2. The first-order valence-corrected chi connectivity index (χ1v) is 26.4. The molecule has 1 saturated heterocycles. The van der Waals surface area contributed by atoms with Crippen LogP contribution >= 0.6 is 0 Å². The number of nitrogens with two attached hydrogens (primary N) is 7. The smallest absolute Gasteiger partial charge is 0.245 e. The first-order valence-electron chi connectivity index (χ1n) is 26.4. The minimum absolute atomic E-state index is 0.0317. The van der Waals surface area contributed by atoms with Gasteiger partial charge in [-0.05, 0) is 86.1 Å². The van der Waals surface area contributed by atoms with E-state index < -0.39 is 108 Å². The number of hydrogen-bond donors (Lipinski definition) is 14. The molecule has 21 N–H and O–H groups in total. The number of carbonyl (C=O) groups excluding carboxylic acids is 9. The molecule has 1 heterocycles. The van der Waals surface area contributed by atoms with Gasteiger partial charge in [0.1, 0.15) is 48.0 Å². The molecule has 3 aromatic rings. The molecule has 1 aliphatic heterocycles. The van der Waals surface area contributed by atoms with E-state index >= 15 is 0 Å². The van der Waals surface area contributed by atoms with Crippen molar-refractivity contribution in [3.05, 3.63) is 102 Å². The highest BCUT2D eigenvalue weighted by molar-refractivity contribution is 5.98. The number of phenolic OH excluding ortho intramolecular Hbond substituents is 1. The zero-order chi connectivity index (χ0) is 58.9. The van der Waals surface area contributed by atoms with Gasteiger partial charge in [0.05, 0.1) is 12.5 Å². The molecule has 26 heteroatoms. The summed E-state index contributed by atoms with van der Waals surface area (Å²) in [5.41, 5.74) is 41.1. The lowest BCUT2D eigenvalue weighted by atomic mass is 9.99. The number of phenols is 1. The van der Waals surface area contributed by atoms with E-state index in [-0.39, 0.29) is 101 Å². The summed E-state index contributed by atoms with van der Waals surface area (Å²) in [4.78, 5) is 133. The normalized spacial score (nSPS) is 15.5. The van der Waals surface area contributed by atoms with E-state index in [0.29, 0.717) is 23.1 Å². The highest BCUT2D eigenvalue weighted by atomic mass is 16.3. The molecule has 0 saturated carbocycles. The number of aromatic hydroxyl groups is 1. The van der Waals surface area contributed by atoms with Crippen molar-refractivity contribution in [3.63, 3.8) is 0 Å². The molecule has 26 nitrogen and oxygen atoms in total. The predicted molar refractivity (Wildman–Crippen MR) is 299 cm³/mol. The highest BCUT2D eigenvalue weighted by Gasteiger charge is 2.40. The van der Waals surface area contributed by atoms with E-state index in [2.05, 4.69) is 41.9 Å². The first kappa shape index (κ1) is 63.7. The van der Waals surface area contributed by atoms with Crippen LogP contribution in [-0.2, 0) is 62.4 Å². The fraction of sp³-hybridized carbons (Fsp3) is 0.463. The van der Waals surface area contributed by atoms with Gasteiger partial charge in [-0.3, -0.25) is 53.1 Å². The van der Waals surface area contributed by atoms with Gasteiger partial charge in [-0.15, -0.1) is 0 Å². The summed E-state index contributed by atoms with van der Waals surface area (Å²) in [6.45, 7) is 3.86. The average molecular weight is 1110 g/mol. The largest absolute Gasteiger partial charge is 0.508 e. The summed E-state index contributed by atoms with van der Waals surface area (Å²) in [6, 6.07) is 13.7. The minimum Gasteiger partial charge on any atom is -0.508 e. The average Bonchev–Trinajstić information content (AvgIpc) is 3.91. The van der Waals surface area contributed by atoms with E-state index in [9.17, 15) is 48.3 Å². The third-order valence-electron chi connectivity index (χ3n) is 12.9. The first-order chi connectivity index (χ1) is 38.0. The molecular formula is C54H78N16O10. The van der Waals surface area contributed by atoms with Gasteiger partial charge in [-0.25, -0.2) is 0 Å². The van der Waals surface area contributed by atoms with Crippen LogP contribution in [0.5, 0.6) is 5.75 Å². The number of likely N-dealkylation sites (tertiary alicyclic amines) is 1. The Morgan fingerprint density at radius 3 is 1.51 bits per heavy atom. The van der Waals surface area contributed by atoms with Crippen LogP contribution in [0.3, 0.4) is 0 Å². The molecule has 0 bridgehead atoms. The van der Waals surface area contributed by atoms with Crippen LogP contribution in [-0.4, -0.2) is 143 Å². The van der Waals surface area contributed by atoms with Crippen LogP contribution in [0.4, 0.5) is 0 Å². The van der Waals surface area contributed by atoms with E-state index in [1.54, 1.807) is 72.8 Å². The maximum atomic E-state index is 14.8. The molecule has 1 fully saturated rings. The Balaban J connectivity index is 1.61. The van der Waals surface area contributed by atoms with Crippen LogP contribution < -0.4 is 72.0 Å². The lowest BCUT2D eigenvalue weighted by molar-refractivity contribution is -0.142. The Morgan fingerprint density at radius 1 is 0.562 bits per heavy atom. The van der Waals surface area contributed by atoms with Gasteiger partial charge in [-0.2, -0.15) is 0 Å². The highest BCUT2D eigenvalue weighted by Crippen LogP contribution is 2.21. The number of amides is 9. The van der Waals surface area contributed by atoms with E-state index in [1.165, 1.54) is 17.0 Å². The van der Waals surface area contributed by atoms with Crippen molar-refractivity contribution in [1.29, 1.82) is 0 Å². The summed E-state index contributed by atoms with van der Waals surface area (Å²) < 4.78 is 0. The van der Waals surface area contributed by atoms with Crippen LogP contribution in [0.2, 0.25) is 0 Å². The fourth-order valence-corrected chi connectivity index (χ4v) is 8.90. The van der Waals surface area contributed by atoms with Crippen LogP contribution in [0, 0.1) is 5.92 Å². The van der Waals surface area contributed by atoms with Gasteiger partial charge >= 0.3 is 0 Å². The zero-order valence-electron chi connectivity index (χ0n) is 45.2. The summed E-state index contributed by atoms with van der Waals surface area (Å²) in [5.74, 6) is -7.68. The van der Waals surface area contributed by atoms with Crippen molar-refractivity contribution in [2.75, 3.05) is 19.6 Å². The van der Waals surface area contributed by atoms with Crippen molar-refractivity contribution in [2.24, 2.45) is 56.0 Å². The van der Waals surface area contributed by atoms with Gasteiger partial charge in [0, 0.05) is 32.5 Å². The quantitative estimate of drug-likeness (QED) is 0.0170. The van der Waals surface area contributed by atoms with Gasteiger partial charge in [0.25, 0.3) is 0 Å². The predicted octanol–water partition coefficient (Wildman–Crippen LogP) is -2.84. The lowest BCUT2D eigenvalue weighted by Gasteiger charge is -2.31. The number of carbonyl (C=O) groups is 9. The Labute approximate surface area is 464 Å². The van der Waals surface area contributed by atoms with Crippen molar-refractivity contribution in [2.45, 2.75) is 133 Å². The van der Waals surface area contributed by atoms with E-state index in [0.717, 1.165) is 0 Å². The molecule has 0 spiro atoms. The summed E-state index contributed by atoms with van der Waals surface area (Å²) >= 11 is 0. The van der Waals surface area contributed by atoms with Crippen LogP contribution in [0.25, 0.3) is 0 Å². The maximum absolute atomic E-state index is 14.8. The van der Waals surface area contributed by atoms with Gasteiger partial charge in [0.2, 0.25) is 53.2 Å². The maximum Gasteiger partial charge on any atom is 0.245 e. The molecule has 3 aromatic carbocycles. The molecule has 8 atom stereocenters. The second-order valence-corrected chi connectivity index (χ2v) is 20.0. The number of nitrogens with zero attached hydrogens (tertiary/aromatic N) is 3. The molecule has 0 aliphatic carbocycles. The standard InChI is InChI=1S/C54H78N16O10/c1-31(2)26-40(68-50(78)41(28-32-12-5-3-6-13-32)67-46(74)36(55)27-34-19-21-35(71)22-20-34)48(76)69-42(29-33-14-7-4-8-15-33)49(77)65-38(17-10-24-63-54(60)61)52(80)70-25-11-18-43(70)51(79)64-37(16-9-23-62-53(58)59)47(75)66-39(45(57)73)30-44(56)72/h3-8,12-15,19-22,31,36-43,71H,9-11,16-18,23-30,55H2,1-2H3,(H2,56,72)(H2,57,73)(H,64,79)(H,65,77)(H,66,75)(H,67,74)(H,68,78)(H,69,76)(H4,58,59,62)(H4,60,61,63)/t36-,37+,38-,39-,40-,41-,42-,43-/m0/s1. The number of benzene rings is 3. The molecule has 0 aromatic heterocycles. The molecule has 9 amide bonds. The van der Waals surface area contributed by atoms with Gasteiger partial charge < -0.3 is 82.0 Å². The lowest BCUT2D eigenvalue weighted by Crippen LogP contribution is -2.60. The van der Waals surface area contributed by atoms with Crippen LogP contribution in [0.1, 0.15) is 81.9 Å². The molecule has 1 aliphatic rings. The summed E-state index contributed by atoms with van der Waals surface area (Å²) in [5, 5.41) is 25.9. The second-order valence-electron chi connectivity index (χ2n) is 20.0. The van der Waals surface area contributed by atoms with Crippen molar-refractivity contribution >= 4 is 65.1 Å². The van der Waals surface area contributed by atoms with Gasteiger partial charge in [-0.1, -0.05) is 86.6 Å². The second kappa shape index (κ2) is 32.2. The topological polar surface area (TPSA) is 456 Å². The number of nitrogens with one attached hydrogen (secondary N) is 6. The minimum atomic E-state index is -1.49. The van der Waals surface area contributed by atoms with E-state index in [4.69, 9.17) is 40.1 Å². The van der Waals surface area contributed by atoms with Crippen molar-refractivity contribution < 1.29 is 48.3 Å².